The Bertz CT molecular complexity index is 1290. The molecule has 1 aliphatic carbocycles. The summed E-state index contributed by atoms with van der Waals surface area (Å²) in [4.78, 5) is 32.8. The largest absolute Gasteiger partial charge is 0.467 e. The van der Waals surface area contributed by atoms with Gasteiger partial charge < -0.3 is 10.2 Å². The van der Waals surface area contributed by atoms with Gasteiger partial charge in [-0.25, -0.2) is 4.98 Å². The van der Waals surface area contributed by atoms with Crippen LogP contribution in [0.15, 0.2) is 63.1 Å². The van der Waals surface area contributed by atoms with Crippen molar-refractivity contribution in [2.75, 3.05) is 0 Å². The zero-order valence-corrected chi connectivity index (χ0v) is 18.4. The van der Waals surface area contributed by atoms with E-state index in [0.717, 1.165) is 41.6 Å². The number of nitrogens with zero attached hydrogens (tertiary/aromatic N) is 2. The van der Waals surface area contributed by atoms with Gasteiger partial charge in [0.05, 0.1) is 18.2 Å². The van der Waals surface area contributed by atoms with Crippen molar-refractivity contribution in [1.29, 1.82) is 0 Å². The van der Waals surface area contributed by atoms with Crippen molar-refractivity contribution in [1.82, 2.24) is 9.55 Å². The molecule has 8 heteroatoms. The molecule has 0 saturated carbocycles. The number of nitrogens with two attached hydrogens (primary N) is 1. The second-order valence-electron chi connectivity index (χ2n) is 7.57. The number of aromatic nitrogens is 2. The number of thiophene rings is 1. The fraction of sp³-hybridized carbons (Fsp3) is 0.261. The molecule has 5 rings (SSSR count). The van der Waals surface area contributed by atoms with Crippen molar-refractivity contribution < 1.29 is 9.21 Å². The van der Waals surface area contributed by atoms with Crippen molar-refractivity contribution in [2.45, 2.75) is 42.6 Å². The number of rotatable bonds is 6. The van der Waals surface area contributed by atoms with Crippen molar-refractivity contribution in [3.63, 3.8) is 0 Å². The summed E-state index contributed by atoms with van der Waals surface area (Å²) in [6.07, 6.45) is 5.71. The minimum Gasteiger partial charge on any atom is -0.467 e. The third kappa shape index (κ3) is 3.81. The number of furan rings is 1. The summed E-state index contributed by atoms with van der Waals surface area (Å²) in [5.41, 5.74) is 7.58. The first-order valence-electron chi connectivity index (χ1n) is 10.2. The predicted molar refractivity (Wildman–Crippen MR) is 123 cm³/mol. The molecule has 1 unspecified atom stereocenters. The number of carbonyl (C=O) groups is 1. The highest BCUT2D eigenvalue weighted by Crippen LogP contribution is 2.38. The number of hydrogen-bond acceptors (Lipinski definition) is 6. The van der Waals surface area contributed by atoms with Gasteiger partial charge in [-0.2, -0.15) is 0 Å². The van der Waals surface area contributed by atoms with Crippen LogP contribution in [0.3, 0.4) is 0 Å². The molecule has 0 aliphatic heterocycles. The van der Waals surface area contributed by atoms with Gasteiger partial charge in [0.25, 0.3) is 5.56 Å². The first-order chi connectivity index (χ1) is 15.1. The summed E-state index contributed by atoms with van der Waals surface area (Å²) < 4.78 is 7.12. The van der Waals surface area contributed by atoms with Gasteiger partial charge in [0, 0.05) is 4.88 Å². The van der Waals surface area contributed by atoms with Gasteiger partial charge in [-0.15, -0.1) is 11.3 Å². The molecule has 0 saturated heterocycles. The van der Waals surface area contributed by atoms with Gasteiger partial charge in [0.2, 0.25) is 5.91 Å². The molecule has 1 aromatic carbocycles. The van der Waals surface area contributed by atoms with Crippen LogP contribution in [0, 0.1) is 0 Å². The highest BCUT2D eigenvalue weighted by molar-refractivity contribution is 8.00. The number of carbonyl (C=O) groups excluding carboxylic acids is 1. The van der Waals surface area contributed by atoms with Gasteiger partial charge in [0.15, 0.2) is 5.16 Å². The van der Waals surface area contributed by atoms with Crippen molar-refractivity contribution in [2.24, 2.45) is 5.73 Å². The maximum atomic E-state index is 13.7. The number of thioether (sulfide) groups is 1. The molecule has 158 valence electrons. The molecule has 0 bridgehead atoms. The van der Waals surface area contributed by atoms with Crippen LogP contribution in [0.2, 0.25) is 0 Å². The first-order valence-corrected chi connectivity index (χ1v) is 11.9. The van der Waals surface area contributed by atoms with Crippen LogP contribution < -0.4 is 11.3 Å². The Kier molecular flexibility index (Phi) is 5.41. The molecule has 1 aliphatic rings. The molecule has 0 spiro atoms. The summed E-state index contributed by atoms with van der Waals surface area (Å²) in [5.74, 6) is 0.185. The average molecular weight is 452 g/mol. The van der Waals surface area contributed by atoms with E-state index in [1.54, 1.807) is 28.2 Å². The summed E-state index contributed by atoms with van der Waals surface area (Å²) in [6.45, 7) is 0.252. The van der Waals surface area contributed by atoms with E-state index in [0.29, 0.717) is 16.3 Å². The first kappa shape index (κ1) is 20.1. The topological polar surface area (TPSA) is 91.1 Å². The van der Waals surface area contributed by atoms with E-state index in [4.69, 9.17) is 15.1 Å². The van der Waals surface area contributed by atoms with Crippen LogP contribution in [0.1, 0.15) is 39.9 Å². The summed E-state index contributed by atoms with van der Waals surface area (Å²) in [6, 6.07) is 13.0. The highest BCUT2D eigenvalue weighted by Gasteiger charge is 2.26. The molecular weight excluding hydrogens is 430 g/mol. The van der Waals surface area contributed by atoms with Crippen LogP contribution in [-0.2, 0) is 24.2 Å². The Morgan fingerprint density at radius 2 is 2.00 bits per heavy atom. The fourth-order valence-electron chi connectivity index (χ4n) is 4.03. The Hall–Kier alpha value is -2.84. The Balaban J connectivity index is 1.66. The minimum absolute atomic E-state index is 0.0837. The average Bonchev–Trinajstić information content (AvgIpc) is 3.42. The van der Waals surface area contributed by atoms with Gasteiger partial charge in [-0.1, -0.05) is 42.1 Å². The smallest absolute Gasteiger partial charge is 0.263 e. The van der Waals surface area contributed by atoms with Crippen molar-refractivity contribution in [3.8, 4) is 0 Å². The molecule has 6 nitrogen and oxygen atoms in total. The monoisotopic (exact) mass is 451 g/mol. The van der Waals surface area contributed by atoms with E-state index in [1.807, 2.05) is 36.4 Å². The number of amides is 1. The Morgan fingerprint density at radius 1 is 1.19 bits per heavy atom. The molecule has 31 heavy (non-hydrogen) atoms. The third-order valence-corrected chi connectivity index (χ3v) is 7.97. The van der Waals surface area contributed by atoms with Gasteiger partial charge >= 0.3 is 0 Å². The van der Waals surface area contributed by atoms with Gasteiger partial charge in [-0.3, -0.25) is 14.2 Å². The molecule has 3 heterocycles. The summed E-state index contributed by atoms with van der Waals surface area (Å²) in [7, 11) is 0. The van der Waals surface area contributed by atoms with E-state index >= 15 is 0 Å². The van der Waals surface area contributed by atoms with Crippen LogP contribution in [0.5, 0.6) is 0 Å². The van der Waals surface area contributed by atoms with E-state index in [-0.39, 0.29) is 12.1 Å². The van der Waals surface area contributed by atoms with Gasteiger partial charge in [0.1, 0.15) is 15.8 Å². The lowest BCUT2D eigenvalue weighted by Gasteiger charge is -2.17. The number of fused-ring (bicyclic) bond motifs is 3. The standard InChI is InChI=1S/C23H21N3O3S2/c24-20(27)19(14-7-2-1-3-8-14)31-23-25-21-18(16-10-4-5-11-17(16)30-21)22(28)26(23)13-15-9-6-12-29-15/h1-3,6-9,12,19H,4-5,10-11,13H2,(H2,24,27). The predicted octanol–water partition coefficient (Wildman–Crippen LogP) is 4.30. The van der Waals surface area contributed by atoms with E-state index in [1.165, 1.54) is 16.6 Å². The summed E-state index contributed by atoms with van der Waals surface area (Å²) in [5, 5.41) is 0.536. The number of primary amides is 1. The molecule has 2 N–H and O–H groups in total. The van der Waals surface area contributed by atoms with Crippen molar-refractivity contribution in [3.05, 3.63) is 80.8 Å². The molecule has 1 amide bonds. The SMILES string of the molecule is NC(=O)C(Sc1nc2sc3c(c2c(=O)n1Cc1ccco1)CCCC3)c1ccccc1. The summed E-state index contributed by atoms with van der Waals surface area (Å²) >= 11 is 2.81. The number of benzene rings is 1. The van der Waals surface area contributed by atoms with Crippen LogP contribution in [-0.4, -0.2) is 15.5 Å². The second-order valence-corrected chi connectivity index (χ2v) is 9.72. The lowest BCUT2D eigenvalue weighted by molar-refractivity contribution is -0.117. The lowest BCUT2D eigenvalue weighted by atomic mass is 9.97. The second kappa shape index (κ2) is 8.36. The lowest BCUT2D eigenvalue weighted by Crippen LogP contribution is -2.26. The van der Waals surface area contributed by atoms with Crippen LogP contribution in [0.25, 0.3) is 10.2 Å². The van der Waals surface area contributed by atoms with E-state index < -0.39 is 11.2 Å². The molecule has 3 aromatic heterocycles. The Morgan fingerprint density at radius 3 is 2.74 bits per heavy atom. The van der Waals surface area contributed by atoms with E-state index in [2.05, 4.69) is 0 Å². The van der Waals surface area contributed by atoms with Crippen molar-refractivity contribution >= 4 is 39.2 Å². The van der Waals surface area contributed by atoms with Crippen LogP contribution >= 0.6 is 23.1 Å². The highest BCUT2D eigenvalue weighted by atomic mass is 32.2. The molecule has 0 fully saturated rings. The number of aryl methyl sites for hydroxylation is 2. The van der Waals surface area contributed by atoms with Crippen LogP contribution in [0.4, 0.5) is 0 Å². The minimum atomic E-state index is -0.650. The zero-order chi connectivity index (χ0) is 21.4. The normalized spacial score (nSPS) is 14.5. The maximum Gasteiger partial charge on any atom is 0.263 e. The van der Waals surface area contributed by atoms with E-state index in [9.17, 15) is 9.59 Å². The molecule has 1 atom stereocenters. The zero-order valence-electron chi connectivity index (χ0n) is 16.7. The molecular formula is C23H21N3O3S2. The fourth-order valence-corrected chi connectivity index (χ4v) is 6.38. The van der Waals surface area contributed by atoms with Gasteiger partial charge in [-0.05, 0) is 48.9 Å². The maximum absolute atomic E-state index is 13.7. The molecule has 4 aromatic rings. The Labute approximate surface area is 187 Å². The number of hydrogen-bond donors (Lipinski definition) is 1. The third-order valence-electron chi connectivity index (χ3n) is 5.52. The quantitative estimate of drug-likeness (QED) is 0.349. The molecule has 0 radical (unpaired) electrons.